The molecule has 0 radical (unpaired) electrons. The highest BCUT2D eigenvalue weighted by molar-refractivity contribution is 6.11. The van der Waals surface area contributed by atoms with E-state index in [0.717, 1.165) is 5.92 Å². The van der Waals surface area contributed by atoms with Gasteiger partial charge in [-0.2, -0.15) is 0 Å². The largest absolute Gasteiger partial charge is 0.101 e. The zero-order chi connectivity index (χ0) is 7.49. The lowest BCUT2D eigenvalue weighted by molar-refractivity contribution is 0.284. The van der Waals surface area contributed by atoms with E-state index in [9.17, 15) is 0 Å². The molecule has 0 heterocycles. The molecule has 0 N–H and O–H groups in total. The Bertz CT molecular complexity index is 69.5. The van der Waals surface area contributed by atoms with Crippen LogP contribution in [0.15, 0.2) is 0 Å². The summed E-state index contributed by atoms with van der Waals surface area (Å²) in [4.78, 5) is 0. The lowest BCUT2D eigenvalue weighted by atomic mass is 9.68. The number of rotatable bonds is 2. The topological polar surface area (TPSA) is 0 Å². The molecule has 0 aromatic carbocycles. The summed E-state index contributed by atoms with van der Waals surface area (Å²) in [7, 11) is 4.55. The van der Waals surface area contributed by atoms with Gasteiger partial charge in [-0.25, -0.2) is 0 Å². The van der Waals surface area contributed by atoms with Gasteiger partial charge in [0.25, 0.3) is 0 Å². The summed E-state index contributed by atoms with van der Waals surface area (Å²) in [6, 6.07) is 0. The molecule has 2 heteroatoms. The Labute approximate surface area is 61.2 Å². The second-order valence-electron chi connectivity index (χ2n) is 3.88. The van der Waals surface area contributed by atoms with Crippen molar-refractivity contribution >= 4 is 15.7 Å². The van der Waals surface area contributed by atoms with Crippen molar-refractivity contribution in [2.45, 2.75) is 33.4 Å². The van der Waals surface area contributed by atoms with E-state index >= 15 is 0 Å². The normalized spacial score (nSPS) is 12.4. The Balaban J connectivity index is 3.79. The van der Waals surface area contributed by atoms with Crippen LogP contribution in [0.3, 0.4) is 0 Å². The molecule has 0 amide bonds. The fourth-order valence-corrected chi connectivity index (χ4v) is 1.51. The molecule has 0 saturated carbocycles. The van der Waals surface area contributed by atoms with Gasteiger partial charge in [0.15, 0.2) is 0 Å². The molecule has 0 nitrogen and oxygen atoms in total. The first-order valence-electron chi connectivity index (χ1n) is 4.02. The van der Waals surface area contributed by atoms with Crippen LogP contribution >= 0.6 is 0 Å². The average Bonchev–Trinajstić information content (AvgIpc) is 1.65. The van der Waals surface area contributed by atoms with Gasteiger partial charge in [-0.1, -0.05) is 39.3 Å². The third kappa shape index (κ3) is 2.98. The molecule has 0 aliphatic rings. The monoisotopic (exact) mass is 124 g/mol. The van der Waals surface area contributed by atoms with E-state index in [1.165, 1.54) is 12.6 Å². The molecule has 0 atom stereocenters. The van der Waals surface area contributed by atoms with E-state index in [0.29, 0.717) is 5.41 Å². The van der Waals surface area contributed by atoms with Crippen molar-refractivity contribution in [3.8, 4) is 0 Å². The van der Waals surface area contributed by atoms with Crippen LogP contribution in [0.2, 0.25) is 12.6 Å². The maximum absolute atomic E-state index is 2.32. The maximum Gasteiger partial charge on any atom is 0.101 e. The van der Waals surface area contributed by atoms with E-state index in [1.807, 2.05) is 0 Å². The summed E-state index contributed by atoms with van der Waals surface area (Å²) in [5.74, 6) is 0.900. The van der Waals surface area contributed by atoms with Crippen LogP contribution in [0.25, 0.3) is 0 Å². The van der Waals surface area contributed by atoms with E-state index in [4.69, 9.17) is 0 Å². The first-order valence-corrected chi connectivity index (χ1v) is 4.02. The quantitative estimate of drug-likeness (QED) is 0.476. The fourth-order valence-electron chi connectivity index (χ4n) is 1.51. The first-order chi connectivity index (χ1) is 4.02. The highest BCUT2D eigenvalue weighted by atomic mass is 14.2. The van der Waals surface area contributed by atoms with Crippen LogP contribution in [-0.2, 0) is 0 Å². The number of hydrogen-bond acceptors (Lipinski definition) is 0. The molecule has 0 aliphatic carbocycles. The molecule has 0 spiro atoms. The second-order valence-corrected chi connectivity index (χ2v) is 3.88. The first kappa shape index (κ1) is 9.13. The van der Waals surface area contributed by atoms with Crippen molar-refractivity contribution in [3.63, 3.8) is 0 Å². The molecule has 0 aromatic heterocycles. The Morgan fingerprint density at radius 3 is 1.44 bits per heavy atom. The van der Waals surface area contributed by atoms with Crippen molar-refractivity contribution in [1.82, 2.24) is 0 Å². The van der Waals surface area contributed by atoms with Gasteiger partial charge in [-0.3, -0.25) is 0 Å². The summed E-state index contributed by atoms with van der Waals surface area (Å²) in [5.41, 5.74) is 0.517. The minimum absolute atomic E-state index is 0.517. The third-order valence-electron chi connectivity index (χ3n) is 2.21. The minimum Gasteiger partial charge on any atom is -0.0785 e. The minimum atomic E-state index is 0.517. The molecule has 0 bridgehead atoms. The molecule has 0 fully saturated rings. The van der Waals surface area contributed by atoms with Gasteiger partial charge in [-0.15, -0.1) is 0 Å². The SMILES string of the molecule is BCC(CB)C(C)(C)C. The zero-order valence-corrected chi connectivity index (χ0v) is 7.49. The van der Waals surface area contributed by atoms with E-state index < -0.39 is 0 Å². The van der Waals surface area contributed by atoms with Gasteiger partial charge in [0, 0.05) is 0 Å². The molecule has 0 unspecified atom stereocenters. The van der Waals surface area contributed by atoms with E-state index in [2.05, 4.69) is 36.5 Å². The van der Waals surface area contributed by atoms with Crippen LogP contribution in [0.1, 0.15) is 20.8 Å². The van der Waals surface area contributed by atoms with Crippen molar-refractivity contribution < 1.29 is 0 Å². The maximum atomic E-state index is 2.32. The molecule has 0 saturated heterocycles. The summed E-state index contributed by atoms with van der Waals surface area (Å²) in [6.45, 7) is 6.97. The second kappa shape index (κ2) is 3.34. The van der Waals surface area contributed by atoms with Crippen LogP contribution < -0.4 is 0 Å². The van der Waals surface area contributed by atoms with Crippen molar-refractivity contribution in [2.24, 2.45) is 11.3 Å². The van der Waals surface area contributed by atoms with Gasteiger partial charge < -0.3 is 0 Å². The average molecular weight is 124 g/mol. The van der Waals surface area contributed by atoms with Gasteiger partial charge in [0.1, 0.15) is 15.7 Å². The molecular weight excluding hydrogens is 106 g/mol. The fraction of sp³-hybridized carbons (Fsp3) is 1.00. The van der Waals surface area contributed by atoms with Crippen LogP contribution in [0, 0.1) is 11.3 Å². The molecule has 0 aliphatic heterocycles. The summed E-state index contributed by atoms with van der Waals surface area (Å²) >= 11 is 0. The van der Waals surface area contributed by atoms with Gasteiger partial charge in [-0.05, 0) is 5.41 Å². The smallest absolute Gasteiger partial charge is 0.0785 e. The predicted octanol–water partition coefficient (Wildman–Crippen LogP) is 0.751. The van der Waals surface area contributed by atoms with Crippen molar-refractivity contribution in [3.05, 3.63) is 0 Å². The third-order valence-corrected chi connectivity index (χ3v) is 2.21. The Hall–Kier alpha value is 0.130. The van der Waals surface area contributed by atoms with Crippen molar-refractivity contribution in [2.75, 3.05) is 0 Å². The zero-order valence-electron chi connectivity index (χ0n) is 7.49. The highest BCUT2D eigenvalue weighted by Gasteiger charge is 2.19. The van der Waals surface area contributed by atoms with Gasteiger partial charge in [0.05, 0.1) is 0 Å². The Morgan fingerprint density at radius 1 is 1.11 bits per heavy atom. The highest BCUT2D eigenvalue weighted by Crippen LogP contribution is 2.30. The lowest BCUT2D eigenvalue weighted by Gasteiger charge is -2.28. The van der Waals surface area contributed by atoms with E-state index in [1.54, 1.807) is 0 Å². The molecule has 0 aromatic rings. The Morgan fingerprint density at radius 2 is 1.44 bits per heavy atom. The summed E-state index contributed by atoms with van der Waals surface area (Å²) in [6.07, 6.45) is 2.64. The molecule has 0 rings (SSSR count). The van der Waals surface area contributed by atoms with E-state index in [-0.39, 0.29) is 0 Å². The van der Waals surface area contributed by atoms with Gasteiger partial charge >= 0.3 is 0 Å². The van der Waals surface area contributed by atoms with Crippen LogP contribution in [-0.4, -0.2) is 15.7 Å². The van der Waals surface area contributed by atoms with Crippen LogP contribution in [0.4, 0.5) is 0 Å². The standard InChI is InChI=1S/C7H18B2/c1-7(2,3)6(4-8)5-9/h6H,4-5,8-9H2,1-3H3. The molecule has 9 heavy (non-hydrogen) atoms. The summed E-state index contributed by atoms with van der Waals surface area (Å²) in [5, 5.41) is 0. The Kier molecular flexibility index (Phi) is 3.38. The molecule has 52 valence electrons. The lowest BCUT2D eigenvalue weighted by Crippen LogP contribution is -2.19. The predicted molar refractivity (Wildman–Crippen MR) is 49.6 cm³/mol. The van der Waals surface area contributed by atoms with Gasteiger partial charge in [0.2, 0.25) is 0 Å². The van der Waals surface area contributed by atoms with Crippen LogP contribution in [0.5, 0.6) is 0 Å². The summed E-state index contributed by atoms with van der Waals surface area (Å²) < 4.78 is 0. The molecular formula is C7H18B2. The van der Waals surface area contributed by atoms with Crippen molar-refractivity contribution in [1.29, 1.82) is 0 Å². The number of hydrogen-bond donors (Lipinski definition) is 0.